The summed E-state index contributed by atoms with van der Waals surface area (Å²) in [6.45, 7) is 1.44. The number of carboxylic acids is 1. The SMILES string of the molecule is C[C@@H](Oc1cc2occc2cc1Cl)C(=O)O. The summed E-state index contributed by atoms with van der Waals surface area (Å²) in [6, 6.07) is 5.02. The number of fused-ring (bicyclic) bond motifs is 1. The van der Waals surface area contributed by atoms with Crippen molar-refractivity contribution in [2.24, 2.45) is 0 Å². The highest BCUT2D eigenvalue weighted by molar-refractivity contribution is 6.32. The molecule has 1 heterocycles. The fourth-order valence-electron chi connectivity index (χ4n) is 1.29. The van der Waals surface area contributed by atoms with Crippen molar-refractivity contribution in [3.63, 3.8) is 0 Å². The van der Waals surface area contributed by atoms with Crippen molar-refractivity contribution in [3.8, 4) is 5.75 Å². The third-order valence-electron chi connectivity index (χ3n) is 2.16. The van der Waals surface area contributed by atoms with E-state index in [4.69, 9.17) is 25.9 Å². The Labute approximate surface area is 96.4 Å². The Bertz CT molecular complexity index is 532. The fraction of sp³-hybridized carbons (Fsp3) is 0.182. The molecule has 0 aliphatic rings. The van der Waals surface area contributed by atoms with E-state index in [9.17, 15) is 4.79 Å². The lowest BCUT2D eigenvalue weighted by Gasteiger charge is -2.11. The van der Waals surface area contributed by atoms with Gasteiger partial charge in [0.1, 0.15) is 11.3 Å². The Morgan fingerprint density at radius 3 is 3.00 bits per heavy atom. The molecule has 0 spiro atoms. The molecule has 0 unspecified atom stereocenters. The summed E-state index contributed by atoms with van der Waals surface area (Å²) < 4.78 is 10.4. The van der Waals surface area contributed by atoms with Crippen molar-refractivity contribution in [3.05, 3.63) is 29.5 Å². The number of furan rings is 1. The molecule has 1 N–H and O–H groups in total. The zero-order valence-electron chi connectivity index (χ0n) is 8.44. The van der Waals surface area contributed by atoms with Gasteiger partial charge in [0.2, 0.25) is 0 Å². The van der Waals surface area contributed by atoms with Crippen LogP contribution < -0.4 is 4.74 Å². The summed E-state index contributed by atoms with van der Waals surface area (Å²) in [5.74, 6) is -0.741. The van der Waals surface area contributed by atoms with E-state index in [1.807, 2.05) is 0 Å². The molecule has 0 aliphatic carbocycles. The first kappa shape index (κ1) is 10.8. The van der Waals surface area contributed by atoms with Gasteiger partial charge >= 0.3 is 5.97 Å². The van der Waals surface area contributed by atoms with E-state index in [2.05, 4.69) is 0 Å². The third kappa shape index (κ3) is 1.97. The molecule has 0 bridgehead atoms. The second-order valence-electron chi connectivity index (χ2n) is 3.34. The Morgan fingerprint density at radius 2 is 2.31 bits per heavy atom. The minimum Gasteiger partial charge on any atom is -0.479 e. The van der Waals surface area contributed by atoms with Crippen LogP contribution in [0.15, 0.2) is 28.9 Å². The normalized spacial score (nSPS) is 12.6. The molecular weight excluding hydrogens is 232 g/mol. The minimum atomic E-state index is -1.05. The maximum Gasteiger partial charge on any atom is 0.344 e. The molecule has 0 radical (unpaired) electrons. The number of hydrogen-bond donors (Lipinski definition) is 1. The number of rotatable bonds is 3. The Balaban J connectivity index is 2.36. The fourth-order valence-corrected chi connectivity index (χ4v) is 1.51. The van der Waals surface area contributed by atoms with Crippen LogP contribution >= 0.6 is 11.6 Å². The number of ether oxygens (including phenoxy) is 1. The number of carboxylic acid groups (broad SMARTS) is 1. The summed E-state index contributed by atoms with van der Waals surface area (Å²) in [6.07, 6.45) is 0.579. The molecule has 0 fully saturated rings. The van der Waals surface area contributed by atoms with Gasteiger partial charge in [-0.05, 0) is 19.1 Å². The average Bonchev–Trinajstić information content (AvgIpc) is 2.65. The van der Waals surface area contributed by atoms with Crippen LogP contribution in [-0.2, 0) is 4.79 Å². The second kappa shape index (κ2) is 4.06. The number of halogens is 1. The molecule has 2 aromatic rings. The van der Waals surface area contributed by atoms with Crippen LogP contribution in [0.25, 0.3) is 11.0 Å². The molecule has 16 heavy (non-hydrogen) atoms. The molecule has 5 heteroatoms. The van der Waals surface area contributed by atoms with Crippen molar-refractivity contribution < 1.29 is 19.1 Å². The van der Waals surface area contributed by atoms with E-state index in [0.29, 0.717) is 16.4 Å². The number of hydrogen-bond acceptors (Lipinski definition) is 3. The van der Waals surface area contributed by atoms with Gasteiger partial charge in [-0.2, -0.15) is 0 Å². The van der Waals surface area contributed by atoms with Gasteiger partial charge in [0.05, 0.1) is 11.3 Å². The molecule has 4 nitrogen and oxygen atoms in total. The van der Waals surface area contributed by atoms with E-state index in [-0.39, 0.29) is 0 Å². The maximum atomic E-state index is 10.6. The predicted molar refractivity (Wildman–Crippen MR) is 58.9 cm³/mol. The second-order valence-corrected chi connectivity index (χ2v) is 3.75. The van der Waals surface area contributed by atoms with E-state index >= 15 is 0 Å². The van der Waals surface area contributed by atoms with Gasteiger partial charge < -0.3 is 14.3 Å². The van der Waals surface area contributed by atoms with E-state index in [1.165, 1.54) is 13.2 Å². The molecule has 1 aromatic carbocycles. The molecule has 2 rings (SSSR count). The van der Waals surface area contributed by atoms with Crippen LogP contribution in [0.3, 0.4) is 0 Å². The lowest BCUT2D eigenvalue weighted by molar-refractivity contribution is -0.144. The number of aliphatic carboxylic acids is 1. The van der Waals surface area contributed by atoms with Crippen LogP contribution in [-0.4, -0.2) is 17.2 Å². The van der Waals surface area contributed by atoms with Crippen LogP contribution in [0.4, 0.5) is 0 Å². The van der Waals surface area contributed by atoms with Crippen molar-refractivity contribution in [2.75, 3.05) is 0 Å². The largest absolute Gasteiger partial charge is 0.479 e. The average molecular weight is 241 g/mol. The molecule has 1 aromatic heterocycles. The van der Waals surface area contributed by atoms with Gasteiger partial charge in [0.15, 0.2) is 6.10 Å². The Kier molecular flexibility index (Phi) is 2.75. The first-order valence-electron chi connectivity index (χ1n) is 4.64. The molecule has 0 amide bonds. The Morgan fingerprint density at radius 1 is 1.56 bits per heavy atom. The van der Waals surface area contributed by atoms with E-state index < -0.39 is 12.1 Å². The smallest absolute Gasteiger partial charge is 0.344 e. The summed E-state index contributed by atoms with van der Waals surface area (Å²) in [5.41, 5.74) is 0.608. The molecule has 0 saturated carbocycles. The highest BCUT2D eigenvalue weighted by Crippen LogP contribution is 2.31. The number of benzene rings is 1. The van der Waals surface area contributed by atoms with Crippen molar-refractivity contribution in [1.29, 1.82) is 0 Å². The quantitative estimate of drug-likeness (QED) is 0.896. The van der Waals surface area contributed by atoms with Gasteiger partial charge in [0, 0.05) is 11.5 Å². The molecular formula is C11H9ClO4. The maximum absolute atomic E-state index is 10.6. The molecule has 84 valence electrons. The summed E-state index contributed by atoms with van der Waals surface area (Å²) in [7, 11) is 0. The summed E-state index contributed by atoms with van der Waals surface area (Å²) in [5, 5.41) is 9.93. The monoisotopic (exact) mass is 240 g/mol. The third-order valence-corrected chi connectivity index (χ3v) is 2.45. The zero-order chi connectivity index (χ0) is 11.7. The van der Waals surface area contributed by atoms with Gasteiger partial charge in [-0.15, -0.1) is 0 Å². The first-order valence-corrected chi connectivity index (χ1v) is 5.02. The summed E-state index contributed by atoms with van der Waals surface area (Å²) >= 11 is 5.95. The number of carbonyl (C=O) groups is 1. The van der Waals surface area contributed by atoms with Gasteiger partial charge in [-0.3, -0.25) is 0 Å². The minimum absolute atomic E-state index is 0.305. The highest BCUT2D eigenvalue weighted by Gasteiger charge is 2.15. The molecule has 0 aliphatic heterocycles. The Hall–Kier alpha value is -1.68. The zero-order valence-corrected chi connectivity index (χ0v) is 9.19. The van der Waals surface area contributed by atoms with Crippen molar-refractivity contribution in [2.45, 2.75) is 13.0 Å². The summed E-state index contributed by atoms with van der Waals surface area (Å²) in [4.78, 5) is 10.6. The van der Waals surface area contributed by atoms with Crippen LogP contribution in [0.2, 0.25) is 5.02 Å². The van der Waals surface area contributed by atoms with Gasteiger partial charge in [-0.1, -0.05) is 11.6 Å². The van der Waals surface area contributed by atoms with Crippen LogP contribution in [0.1, 0.15) is 6.92 Å². The predicted octanol–water partition coefficient (Wildman–Crippen LogP) is 2.94. The molecule has 1 atom stereocenters. The van der Waals surface area contributed by atoms with Crippen molar-refractivity contribution >= 4 is 28.5 Å². The lowest BCUT2D eigenvalue weighted by Crippen LogP contribution is -2.22. The topological polar surface area (TPSA) is 59.7 Å². The standard InChI is InChI=1S/C11H9ClO4/c1-6(11(13)14)16-10-5-9-7(2-3-15-9)4-8(10)12/h2-6H,1H3,(H,13,14)/t6-/m1/s1. The lowest BCUT2D eigenvalue weighted by atomic mass is 10.2. The highest BCUT2D eigenvalue weighted by atomic mass is 35.5. The molecule has 0 saturated heterocycles. The van der Waals surface area contributed by atoms with E-state index in [0.717, 1.165) is 5.39 Å². The van der Waals surface area contributed by atoms with Crippen LogP contribution in [0.5, 0.6) is 5.75 Å². The van der Waals surface area contributed by atoms with Gasteiger partial charge in [-0.25, -0.2) is 4.79 Å². The van der Waals surface area contributed by atoms with E-state index in [1.54, 1.807) is 18.2 Å². The first-order chi connectivity index (χ1) is 7.58. The van der Waals surface area contributed by atoms with Crippen molar-refractivity contribution in [1.82, 2.24) is 0 Å². The van der Waals surface area contributed by atoms with Gasteiger partial charge in [0.25, 0.3) is 0 Å². The van der Waals surface area contributed by atoms with Crippen LogP contribution in [0, 0.1) is 0 Å².